The molecule has 4 unspecified atom stereocenters. The van der Waals surface area contributed by atoms with Gasteiger partial charge in [0.05, 0.1) is 29.7 Å². The molecule has 0 saturated carbocycles. The number of carbonyl (C=O) groups excluding carboxylic acids is 3. The minimum atomic E-state index is -4.00. The number of hydrogen-bond donors (Lipinski definition) is 1. The van der Waals surface area contributed by atoms with Crippen molar-refractivity contribution in [1.29, 1.82) is 0 Å². The molecule has 56 heavy (non-hydrogen) atoms. The van der Waals surface area contributed by atoms with Crippen molar-refractivity contribution in [2.24, 2.45) is 0 Å². The fraction of sp³-hybridized carbons (Fsp3) is 0.600. The van der Waals surface area contributed by atoms with Gasteiger partial charge in [-0.25, -0.2) is 14.8 Å². The molecular formula is C40H67N5O7S4. The Labute approximate surface area is 351 Å². The first-order valence-electron chi connectivity index (χ1n) is 19.5. The number of hydrazine groups is 2. The molecule has 12 nitrogen and oxygen atoms in total. The number of amides is 2. The number of nitrogens with zero attached hydrogens (tertiary/aromatic N) is 4. The van der Waals surface area contributed by atoms with Crippen LogP contribution in [0.15, 0.2) is 59.5 Å². The van der Waals surface area contributed by atoms with Crippen LogP contribution in [0.4, 0.5) is 10.5 Å². The molecule has 2 amide bonds. The lowest BCUT2D eigenvalue weighted by Crippen LogP contribution is -2.58. The Morgan fingerprint density at radius 3 is 1.86 bits per heavy atom. The van der Waals surface area contributed by atoms with Crippen molar-refractivity contribution in [3.63, 3.8) is 0 Å². The molecule has 0 spiro atoms. The quantitative estimate of drug-likeness (QED) is 0.0844. The highest BCUT2D eigenvalue weighted by molar-refractivity contribution is 8.24. The Morgan fingerprint density at radius 1 is 0.875 bits per heavy atom. The van der Waals surface area contributed by atoms with Gasteiger partial charge in [0.15, 0.2) is 4.32 Å². The monoisotopic (exact) mass is 857 g/mol. The van der Waals surface area contributed by atoms with Gasteiger partial charge in [0.1, 0.15) is 10.5 Å². The number of esters is 2. The van der Waals surface area contributed by atoms with Crippen LogP contribution >= 0.6 is 35.7 Å². The largest absolute Gasteiger partial charge is 0.465 e. The molecule has 0 bridgehead atoms. The Balaban J connectivity index is 0.00000101. The third-order valence-electron chi connectivity index (χ3n) is 8.05. The van der Waals surface area contributed by atoms with Crippen LogP contribution in [0, 0.1) is 6.92 Å². The van der Waals surface area contributed by atoms with Crippen LogP contribution in [0.1, 0.15) is 101 Å². The van der Waals surface area contributed by atoms with Crippen LogP contribution in [0.5, 0.6) is 0 Å². The van der Waals surface area contributed by atoms with E-state index in [2.05, 4.69) is 24.2 Å². The number of nitrogens with one attached hydrogen (secondary N) is 1. The van der Waals surface area contributed by atoms with E-state index in [9.17, 15) is 22.8 Å². The minimum absolute atomic E-state index is 0.0254. The molecule has 16 heteroatoms. The number of para-hydroxylation sites is 1. The van der Waals surface area contributed by atoms with Crippen molar-refractivity contribution in [3.8, 4) is 0 Å². The molecule has 2 aromatic carbocycles. The highest BCUT2D eigenvalue weighted by Crippen LogP contribution is 2.29. The number of thiocarbonyl (C=S) groups is 1. The van der Waals surface area contributed by atoms with Crippen LogP contribution in [0.3, 0.4) is 0 Å². The SMILES string of the molecule is CC.CC.CCNC(=O)N(CSC(C)C(=O)OCC)N1C(C)CCCC1C.CCOC(=O)C(C)SC(=S)N(N(C)c1ccccc1)S(=O)(=O)c1ccc(C)cc1. The Bertz CT molecular complexity index is 1540. The molecule has 1 heterocycles. The van der Waals surface area contributed by atoms with Crippen LogP contribution < -0.4 is 10.3 Å². The molecule has 1 fully saturated rings. The number of thioether (sulfide) groups is 2. The first-order valence-corrected chi connectivity index (χ1v) is 23.3. The van der Waals surface area contributed by atoms with Gasteiger partial charge < -0.3 is 14.8 Å². The van der Waals surface area contributed by atoms with Gasteiger partial charge in [0, 0.05) is 25.7 Å². The van der Waals surface area contributed by atoms with E-state index < -0.39 is 21.2 Å². The summed E-state index contributed by atoms with van der Waals surface area (Å²) in [6, 6.07) is 16.1. The zero-order valence-electron chi connectivity index (χ0n) is 35.7. The number of urea groups is 1. The molecule has 0 radical (unpaired) electrons. The van der Waals surface area contributed by atoms with E-state index in [0.717, 1.165) is 34.6 Å². The number of anilines is 1. The summed E-state index contributed by atoms with van der Waals surface area (Å²) in [7, 11) is -2.39. The summed E-state index contributed by atoms with van der Waals surface area (Å²) in [6.45, 7) is 24.3. The average Bonchev–Trinajstić information content (AvgIpc) is 3.18. The zero-order chi connectivity index (χ0) is 43.0. The van der Waals surface area contributed by atoms with E-state index in [-0.39, 0.29) is 33.1 Å². The van der Waals surface area contributed by atoms with Crippen molar-refractivity contribution in [2.75, 3.05) is 37.7 Å². The van der Waals surface area contributed by atoms with Gasteiger partial charge >= 0.3 is 18.0 Å². The fourth-order valence-electron chi connectivity index (χ4n) is 5.31. The van der Waals surface area contributed by atoms with E-state index in [1.54, 1.807) is 81.4 Å². The second-order valence-electron chi connectivity index (χ2n) is 12.1. The fourth-order valence-corrected chi connectivity index (χ4v) is 9.38. The number of carbonyl (C=O) groups is 3. The summed E-state index contributed by atoms with van der Waals surface area (Å²) in [5.74, 6) is -0.233. The zero-order valence-corrected chi connectivity index (χ0v) is 39.0. The van der Waals surface area contributed by atoms with Gasteiger partial charge in [-0.15, -0.1) is 11.8 Å². The first-order chi connectivity index (χ1) is 26.6. The van der Waals surface area contributed by atoms with E-state index in [4.69, 9.17) is 21.7 Å². The molecule has 4 atom stereocenters. The maximum Gasteiger partial charge on any atom is 0.332 e. The summed E-state index contributed by atoms with van der Waals surface area (Å²) in [5.41, 5.74) is 1.58. The van der Waals surface area contributed by atoms with Crippen LogP contribution in [-0.2, 0) is 29.1 Å². The van der Waals surface area contributed by atoms with E-state index >= 15 is 0 Å². The Kier molecular flexibility index (Phi) is 26.8. The highest BCUT2D eigenvalue weighted by atomic mass is 32.2. The second kappa shape index (κ2) is 28.4. The molecule has 0 aromatic heterocycles. The molecular weight excluding hydrogens is 791 g/mol. The van der Waals surface area contributed by atoms with Gasteiger partial charge in [-0.05, 0) is 105 Å². The minimum Gasteiger partial charge on any atom is -0.465 e. The van der Waals surface area contributed by atoms with Crippen molar-refractivity contribution >= 4 is 73.7 Å². The van der Waals surface area contributed by atoms with Crippen LogP contribution in [0.2, 0.25) is 0 Å². The first kappa shape index (κ1) is 53.0. The smallest absolute Gasteiger partial charge is 0.332 e. The third-order valence-corrected chi connectivity index (χ3v) is 12.5. The van der Waals surface area contributed by atoms with Gasteiger partial charge in [-0.2, -0.15) is 12.8 Å². The topological polar surface area (TPSA) is 129 Å². The van der Waals surface area contributed by atoms with Gasteiger partial charge in [0.25, 0.3) is 10.0 Å². The van der Waals surface area contributed by atoms with E-state index in [1.807, 2.05) is 54.5 Å². The molecule has 0 aliphatic carbocycles. The molecule has 1 aliphatic rings. The number of hydrogen-bond acceptors (Lipinski definition) is 12. The number of piperidine rings is 1. The summed E-state index contributed by atoms with van der Waals surface area (Å²) < 4.78 is 38.0. The number of ether oxygens (including phenoxy) is 2. The summed E-state index contributed by atoms with van der Waals surface area (Å²) in [4.78, 5) is 36.4. The highest BCUT2D eigenvalue weighted by Gasteiger charge is 2.35. The molecule has 3 rings (SSSR count). The molecule has 318 valence electrons. The summed E-state index contributed by atoms with van der Waals surface area (Å²) in [6.07, 6.45) is 3.35. The van der Waals surface area contributed by atoms with Crippen molar-refractivity contribution in [1.82, 2.24) is 19.7 Å². The normalized spacial score (nSPS) is 16.0. The Hall–Kier alpha value is -3.05. The molecule has 1 aliphatic heterocycles. The maximum atomic E-state index is 13.4. The summed E-state index contributed by atoms with van der Waals surface area (Å²) >= 11 is 7.86. The number of benzene rings is 2. The standard InChI is InChI=1S/C20H24N2O4S3.C16H31N3O3S.2C2H6/c1-5-26-19(23)16(3)28-20(27)22(21(4)17-9-7-6-8-10-17)29(24,25)18-13-11-15(2)12-14-18;1-6-17-16(21)18(11-23-14(5)15(20)22-7-2)19-12(3)9-8-10-13(19)4;2*1-2/h6-14,16H,5H2,1-4H3;12-14H,6-11H2,1-5H3,(H,17,21);2*1-2H3. The third kappa shape index (κ3) is 16.8. The van der Waals surface area contributed by atoms with Crippen molar-refractivity contribution < 1.29 is 32.3 Å². The van der Waals surface area contributed by atoms with E-state index in [0.29, 0.717) is 36.8 Å². The average molecular weight is 858 g/mol. The number of rotatable bonds is 14. The van der Waals surface area contributed by atoms with Crippen molar-refractivity contribution in [3.05, 3.63) is 60.2 Å². The molecule has 1 N–H and O–H groups in total. The van der Waals surface area contributed by atoms with Gasteiger partial charge in [-0.1, -0.05) is 81.8 Å². The lowest BCUT2D eigenvalue weighted by atomic mass is 10.00. The maximum absolute atomic E-state index is 13.4. The molecule has 1 saturated heterocycles. The lowest BCUT2D eigenvalue weighted by Gasteiger charge is -2.45. The molecule has 2 aromatic rings. The predicted molar refractivity (Wildman–Crippen MR) is 238 cm³/mol. The van der Waals surface area contributed by atoms with Crippen LogP contribution in [-0.4, -0.2) is 100 Å². The predicted octanol–water partition coefficient (Wildman–Crippen LogP) is 8.90. The van der Waals surface area contributed by atoms with Gasteiger partial charge in [-0.3, -0.25) is 14.6 Å². The van der Waals surface area contributed by atoms with Crippen LogP contribution in [0.25, 0.3) is 0 Å². The Morgan fingerprint density at radius 2 is 1.38 bits per heavy atom. The number of sulfonamides is 1. The van der Waals surface area contributed by atoms with Gasteiger partial charge in [0.2, 0.25) is 0 Å². The summed E-state index contributed by atoms with van der Waals surface area (Å²) in [5, 5.41) is 7.33. The number of aryl methyl sites for hydroxylation is 1. The lowest BCUT2D eigenvalue weighted by molar-refractivity contribution is -0.143. The van der Waals surface area contributed by atoms with Crippen molar-refractivity contribution in [2.45, 2.75) is 130 Å². The van der Waals surface area contributed by atoms with E-state index in [1.165, 1.54) is 23.2 Å². The second-order valence-corrected chi connectivity index (χ2v) is 17.2.